The van der Waals surface area contributed by atoms with Crippen LogP contribution in [0.4, 0.5) is 0 Å². The van der Waals surface area contributed by atoms with Gasteiger partial charge in [0.25, 0.3) is 0 Å². The number of rotatable bonds is 18. The Morgan fingerprint density at radius 3 is 1.20 bits per heavy atom. The third kappa shape index (κ3) is 17.6. The highest BCUT2D eigenvalue weighted by Gasteiger charge is 2.43. The maximum absolute atomic E-state index is 14.0. The Bertz CT molecular complexity index is 6510. The summed E-state index contributed by atoms with van der Waals surface area (Å²) in [7, 11) is -9.29. The smallest absolute Gasteiger partial charge is 0.161 e. The Balaban J connectivity index is 0.000000294. The minimum absolute atomic E-state index is 0. The highest BCUT2D eigenvalue weighted by Crippen LogP contribution is 2.48. The quantitative estimate of drug-likeness (QED) is 0.0926. The minimum Gasteiger partial charge on any atom is -0.493 e. The van der Waals surface area contributed by atoms with Gasteiger partial charge < -0.3 is 37.9 Å². The van der Waals surface area contributed by atoms with Gasteiger partial charge in [-0.2, -0.15) is 0 Å². The van der Waals surface area contributed by atoms with Crippen LogP contribution >= 0.6 is 0 Å². The summed E-state index contributed by atoms with van der Waals surface area (Å²) in [6.45, 7) is -27.0. The summed E-state index contributed by atoms with van der Waals surface area (Å²) in [5.41, 5.74) is -8.47. The normalized spacial score (nSPS) is 48.0. The van der Waals surface area contributed by atoms with Crippen LogP contribution in [-0.4, -0.2) is 151 Å². The largest absolute Gasteiger partial charge is 0.493 e. The number of fused-ring (bicyclic) bond motifs is 12. The van der Waals surface area contributed by atoms with E-state index in [0.29, 0.717) is 18.7 Å². The molecule has 16 heteroatoms. The fourth-order valence-electron chi connectivity index (χ4n) is 9.68. The van der Waals surface area contributed by atoms with Gasteiger partial charge in [-0.15, -0.1) is 0 Å². The van der Waals surface area contributed by atoms with Gasteiger partial charge in [0.1, 0.15) is 23.1 Å². The zero-order valence-electron chi connectivity index (χ0n) is 120. The molecule has 0 N–H and O–H groups in total. The first-order valence-corrected chi connectivity index (χ1v) is 28.3. The van der Waals surface area contributed by atoms with Crippen LogP contribution < -0.4 is 37.9 Å². The van der Waals surface area contributed by atoms with Crippen molar-refractivity contribution in [2.75, 3.05) is 109 Å². The standard InChI is InChI=1S/2C20H29NO3.2C19H27NO3.2CH4/c2*1-5-13(2)8-15-12-21-7-6-14-9-19(23-3)20(24-4)10-16(14)17(21)11-18(15)22;2*1-12(2)7-14-11-20-6-5-13-8-18(22-3)19(23-4)9-15(13)16(20)10-17(14)21;;/h2*9-10,13,15,17H,5-8,11-12H2,1-4H3;2*8-9,12,14,16H,5-7,10-11H2,1-4H3;2*1H4/i2D3,3D3,5D2,6D2,7D2,8D2,9D,10D,11D2,13D,15D,17D;2D3,3D3,5D2,6D2,7D2,8D2,9D,10D,12D2,13D,17D;3D3,5D2,6D2,8D,9D,10D2,11D2,14D,16D;3D3,5D2,6D2,8D,9D,11D2,16D;;. The molecule has 0 saturated carbocycles. The third-order valence-electron chi connectivity index (χ3n) is 14.1. The lowest BCUT2D eigenvalue weighted by Crippen LogP contribution is -2.46. The summed E-state index contributed by atoms with van der Waals surface area (Å²) in [6, 6.07) is -21.8. The maximum Gasteiger partial charge on any atom is 0.161 e. The van der Waals surface area contributed by atoms with Gasteiger partial charge in [0, 0.05) is 186 Å². The van der Waals surface area contributed by atoms with Gasteiger partial charge in [-0.1, -0.05) is 82.8 Å². The zero-order chi connectivity index (χ0) is 127. The fourth-order valence-corrected chi connectivity index (χ4v) is 9.68. The van der Waals surface area contributed by atoms with E-state index in [9.17, 15) is 23.3 Å². The first-order valence-electron chi connectivity index (χ1n) is 62.3. The molecular weight excluding hydrogens is 1210 g/mol. The van der Waals surface area contributed by atoms with Crippen LogP contribution in [0.1, 0.15) is 296 Å². The summed E-state index contributed by atoms with van der Waals surface area (Å²) in [5.74, 6) is -33.5. The summed E-state index contributed by atoms with van der Waals surface area (Å²) in [6.07, 6.45) is -39.4. The second-order valence-corrected chi connectivity index (χ2v) is 21.2. The first-order chi connectivity index (χ1) is 71.3. The number of Topliss-reactive ketones (excluding diaryl/α,β-unsaturated/α-hetero) is 4. The lowest BCUT2D eigenvalue weighted by Gasteiger charge is -2.43. The minimum atomic E-state index is -4.21. The molecule has 96 heavy (non-hydrogen) atoms. The molecule has 8 heterocycles. The van der Waals surface area contributed by atoms with Crippen LogP contribution in [0.3, 0.4) is 0 Å². The lowest BCUT2D eigenvalue weighted by molar-refractivity contribution is -0.130. The summed E-state index contributed by atoms with van der Waals surface area (Å²) in [4.78, 5) is 54.2. The van der Waals surface area contributed by atoms with Crippen LogP contribution in [0.5, 0.6) is 46.0 Å². The molecule has 0 bridgehead atoms. The fraction of sp³-hybridized carbons (Fsp3) is 0.650. The van der Waals surface area contributed by atoms with E-state index in [4.69, 9.17) is 127 Å². The van der Waals surface area contributed by atoms with Crippen LogP contribution in [0.25, 0.3) is 0 Å². The van der Waals surface area contributed by atoms with E-state index in [-0.39, 0.29) is 41.9 Å². The van der Waals surface area contributed by atoms with Crippen molar-refractivity contribution in [1.29, 1.82) is 0 Å². The Morgan fingerprint density at radius 2 is 0.812 bits per heavy atom. The molecule has 0 spiro atoms. The van der Waals surface area contributed by atoms with Gasteiger partial charge in [0.15, 0.2) is 46.0 Å². The maximum atomic E-state index is 14.0. The number of hydrogen-bond donors (Lipinski definition) is 0. The van der Waals surface area contributed by atoms with Crippen molar-refractivity contribution in [3.8, 4) is 46.0 Å². The summed E-state index contributed by atoms with van der Waals surface area (Å²) >= 11 is 0. The number of methoxy groups -OCH3 is 8. The SMILES string of the molecule is C.C.[2H]c1c(OC([2H])([2H])[2H])c(OC)c([2H])c2c1C([2H])([2H])C([2H])([2H])N1C([2H])([2H])C([2H])(CC(C)C)C(=O)C([2H])([2H])C21[2H].[2H]c1c(OC([2H])([2H])[2H])c(OC)c([2H])c2c1C([2H])([2H])C([2H])([2H])N1CC([2H])(C([2H])([2H])C([2H])(C([2H])([2H])[2H])C([2H])([2H])C)C(=O)C([2H])([2H])C21[2H].[2H]c1c(OC)c(OC([2H])([2H])[2H])c([2H])c2c1C1([2H])CC(=O)C(C([2H])([2H])C([2H])(C([2H])([2H])[2H])C([2H])([2H])C)C([2H])([2H])N1C([2H])([2H])C2([2H])[2H].[2H]c1c(OC)c(OC([2H])([2H])[2H])c([2H])c2c1C1([2H])CC(=O)C(CC(C)C)C([2H])([2H])N1C([2H])([2H])C2([2H])[2H]. The molecule has 0 aliphatic carbocycles. The van der Waals surface area contributed by atoms with E-state index in [0.717, 1.165) is 28.4 Å². The molecule has 532 valence electrons. The Morgan fingerprint density at radius 1 is 0.469 bits per heavy atom. The van der Waals surface area contributed by atoms with Gasteiger partial charge in [-0.25, -0.2) is 0 Å². The number of carbonyl (C=O) groups excluding carboxylic acids is 4. The van der Waals surface area contributed by atoms with E-state index in [1.165, 1.54) is 13.8 Å². The topological polar surface area (TPSA) is 155 Å². The Hall–Kier alpha value is -6.20. The predicted octanol–water partition coefficient (Wildman–Crippen LogP) is 15.0. The van der Waals surface area contributed by atoms with Gasteiger partial charge in [-0.05, 0) is 168 Å². The predicted molar refractivity (Wildman–Crippen MR) is 383 cm³/mol. The van der Waals surface area contributed by atoms with Crippen molar-refractivity contribution in [1.82, 2.24) is 19.6 Å². The van der Waals surface area contributed by atoms with Gasteiger partial charge in [0.2, 0.25) is 0 Å². The molecule has 4 fully saturated rings. The van der Waals surface area contributed by atoms with Gasteiger partial charge in [-0.3, -0.25) is 38.8 Å². The molecule has 4 aromatic rings. The monoisotopic (exact) mass is 1400 g/mol. The van der Waals surface area contributed by atoms with E-state index in [2.05, 4.69) is 0 Å². The molecule has 4 saturated heterocycles. The van der Waals surface area contributed by atoms with Gasteiger partial charge in [0.05, 0.1) is 89.5 Å². The zero-order valence-corrected chi connectivity index (χ0v) is 52.0. The van der Waals surface area contributed by atoms with E-state index in [1.54, 1.807) is 13.8 Å². The average Bonchev–Trinajstić information content (AvgIpc) is 0.642. The van der Waals surface area contributed by atoms with Crippen molar-refractivity contribution < 1.29 is 150 Å². The van der Waals surface area contributed by atoms with Crippen LogP contribution in [0.15, 0.2) is 48.3 Å². The third-order valence-corrected chi connectivity index (χ3v) is 14.1. The first kappa shape index (κ1) is 26.4. The molecule has 16 nitrogen and oxygen atoms in total. The second-order valence-electron chi connectivity index (χ2n) is 21.2. The van der Waals surface area contributed by atoms with Crippen LogP contribution in [0, 0.1) is 47.2 Å². The molecule has 12 rings (SSSR count). The summed E-state index contributed by atoms with van der Waals surface area (Å²) in [5, 5.41) is 0. The number of ether oxygens (including phenoxy) is 8. The number of piperidine rings is 4. The number of nitrogens with zero attached hydrogens (tertiary/aromatic N) is 4. The Labute approximate surface area is 672 Å². The van der Waals surface area contributed by atoms with E-state index < -0.39 is 404 Å². The molecule has 0 radical (unpaired) electrons. The molecule has 10 unspecified atom stereocenters. The van der Waals surface area contributed by atoms with Crippen molar-refractivity contribution in [3.63, 3.8) is 0 Å². The molecular formula is C80H120N4O12. The van der Waals surface area contributed by atoms with Gasteiger partial charge >= 0.3 is 0 Å². The van der Waals surface area contributed by atoms with Crippen LogP contribution in [-0.2, 0) is 44.7 Å². The lowest BCUT2D eigenvalue weighted by atomic mass is 9.79. The van der Waals surface area contributed by atoms with Crippen molar-refractivity contribution in [3.05, 3.63) is 92.8 Å². The molecule has 8 aliphatic heterocycles. The number of carbonyl (C=O) groups is 4. The molecule has 4 aromatic carbocycles. The molecule has 10 atom stereocenters. The highest BCUT2D eigenvalue weighted by atomic mass is 16.5. The highest BCUT2D eigenvalue weighted by molar-refractivity contribution is 5.85. The molecule has 0 amide bonds. The summed E-state index contributed by atoms with van der Waals surface area (Å²) < 4.78 is 607. The van der Waals surface area contributed by atoms with Crippen molar-refractivity contribution >= 4 is 23.1 Å². The van der Waals surface area contributed by atoms with E-state index >= 15 is 0 Å². The number of hydrogen-bond acceptors (Lipinski definition) is 16. The van der Waals surface area contributed by atoms with Crippen LogP contribution in [0.2, 0.25) is 0 Å². The van der Waals surface area contributed by atoms with Crippen molar-refractivity contribution in [2.24, 2.45) is 47.2 Å². The Kier molecular flexibility index (Phi) is 9.63. The molecule has 8 aliphatic rings. The van der Waals surface area contributed by atoms with E-state index in [1.807, 2.05) is 0 Å². The average molecular weight is 1400 g/mol. The second kappa shape index (κ2) is 35.0. The molecule has 0 aromatic heterocycles. The van der Waals surface area contributed by atoms with Crippen molar-refractivity contribution in [2.45, 2.75) is 184 Å². The number of ketones is 4. The number of benzene rings is 4.